The Kier molecular flexibility index (Phi) is 3.09. The lowest BCUT2D eigenvalue weighted by Crippen LogP contribution is -1.87. The molecule has 0 aliphatic carbocycles. The van der Waals surface area contributed by atoms with Crippen molar-refractivity contribution in [2.24, 2.45) is 0 Å². The van der Waals surface area contributed by atoms with E-state index in [1.54, 1.807) is 0 Å². The van der Waals surface area contributed by atoms with Gasteiger partial charge in [0.15, 0.2) is 6.29 Å². The van der Waals surface area contributed by atoms with E-state index in [1.165, 1.54) is 24.3 Å². The molecule has 1 aromatic rings. The van der Waals surface area contributed by atoms with Crippen molar-refractivity contribution in [2.75, 3.05) is 0 Å². The fraction of sp³-hybridized carbons (Fsp3) is 0. The smallest absolute Gasteiger partial charge is 0.150 e. The molecule has 13 heavy (non-hydrogen) atoms. The maximum absolute atomic E-state index is 12.6. The average Bonchev–Trinajstić information content (AvgIpc) is 2.16. The second-order valence-corrected chi connectivity index (χ2v) is 2.39. The molecule has 0 N–H and O–H groups in total. The number of carbonyl (C=O) groups is 2. The lowest BCUT2D eigenvalue weighted by Gasteiger charge is -1.97. The lowest BCUT2D eigenvalue weighted by atomic mass is 10.1. The molecule has 0 aliphatic heterocycles. The van der Waals surface area contributed by atoms with Crippen LogP contribution in [0.25, 0.3) is 6.08 Å². The van der Waals surface area contributed by atoms with Crippen LogP contribution in [0.4, 0.5) is 4.39 Å². The minimum absolute atomic E-state index is 0.234. The van der Waals surface area contributed by atoms with Gasteiger partial charge in [-0.05, 0) is 23.8 Å². The molecule has 0 amide bonds. The van der Waals surface area contributed by atoms with E-state index in [-0.39, 0.29) is 5.56 Å². The Balaban J connectivity index is 3.12. The molecule has 0 atom stereocenters. The van der Waals surface area contributed by atoms with Crippen molar-refractivity contribution < 1.29 is 14.0 Å². The van der Waals surface area contributed by atoms with Gasteiger partial charge >= 0.3 is 0 Å². The zero-order valence-electron chi connectivity index (χ0n) is 6.74. The van der Waals surface area contributed by atoms with E-state index in [2.05, 4.69) is 0 Å². The summed E-state index contributed by atoms with van der Waals surface area (Å²) in [5, 5.41) is 0. The monoisotopic (exact) mass is 178 g/mol. The number of allylic oxidation sites excluding steroid dienone is 1. The first kappa shape index (κ1) is 9.32. The average molecular weight is 178 g/mol. The number of aldehydes is 2. The van der Waals surface area contributed by atoms with Crippen molar-refractivity contribution in [1.82, 2.24) is 0 Å². The number of hydrogen-bond donors (Lipinski definition) is 0. The van der Waals surface area contributed by atoms with Crippen LogP contribution in [0.1, 0.15) is 15.9 Å². The van der Waals surface area contributed by atoms with E-state index >= 15 is 0 Å². The molecule has 0 aromatic heterocycles. The fourth-order valence-corrected chi connectivity index (χ4v) is 0.942. The third-order valence-electron chi connectivity index (χ3n) is 1.53. The maximum Gasteiger partial charge on any atom is 0.150 e. The van der Waals surface area contributed by atoms with Gasteiger partial charge in [-0.25, -0.2) is 4.39 Å². The van der Waals surface area contributed by atoms with Gasteiger partial charge in [-0.3, -0.25) is 9.59 Å². The molecule has 0 saturated carbocycles. The minimum atomic E-state index is -0.467. The van der Waals surface area contributed by atoms with Crippen LogP contribution in [-0.2, 0) is 4.79 Å². The molecule has 0 fully saturated rings. The molecule has 0 radical (unpaired) electrons. The molecule has 0 unspecified atom stereocenters. The molecule has 2 nitrogen and oxygen atoms in total. The molecule has 0 saturated heterocycles. The van der Waals surface area contributed by atoms with Gasteiger partial charge in [0.25, 0.3) is 0 Å². The highest BCUT2D eigenvalue weighted by molar-refractivity contribution is 5.84. The summed E-state index contributed by atoms with van der Waals surface area (Å²) in [5.41, 5.74) is 0.765. The van der Waals surface area contributed by atoms with E-state index in [0.717, 1.165) is 6.07 Å². The van der Waals surface area contributed by atoms with Gasteiger partial charge in [0.05, 0.1) is 0 Å². The van der Waals surface area contributed by atoms with Gasteiger partial charge in [-0.1, -0.05) is 12.1 Å². The van der Waals surface area contributed by atoms with E-state index < -0.39 is 5.82 Å². The second-order valence-electron chi connectivity index (χ2n) is 2.39. The van der Waals surface area contributed by atoms with Crippen LogP contribution < -0.4 is 0 Å². The van der Waals surface area contributed by atoms with E-state index in [9.17, 15) is 14.0 Å². The summed E-state index contributed by atoms with van der Waals surface area (Å²) in [4.78, 5) is 20.4. The first-order chi connectivity index (χ1) is 6.27. The largest absolute Gasteiger partial charge is 0.299 e. The molecule has 0 bridgehead atoms. The van der Waals surface area contributed by atoms with Crippen molar-refractivity contribution in [3.63, 3.8) is 0 Å². The Bertz CT molecular complexity index is 356. The number of hydrogen-bond acceptors (Lipinski definition) is 2. The summed E-state index contributed by atoms with van der Waals surface area (Å²) in [6.45, 7) is 0. The standard InChI is InChI=1S/C10H7FO2/c11-10-4-3-8(2-1-5-12)9(6-10)7-13/h1-7H. The maximum atomic E-state index is 12.6. The van der Waals surface area contributed by atoms with Gasteiger partial charge in [-0.2, -0.15) is 0 Å². The van der Waals surface area contributed by atoms with Crippen molar-refractivity contribution in [1.29, 1.82) is 0 Å². The molecular formula is C10H7FO2. The topological polar surface area (TPSA) is 34.1 Å². The zero-order valence-corrected chi connectivity index (χ0v) is 6.74. The van der Waals surface area contributed by atoms with Gasteiger partial charge in [0.1, 0.15) is 12.1 Å². The molecule has 0 aliphatic rings. The first-order valence-electron chi connectivity index (χ1n) is 3.64. The minimum Gasteiger partial charge on any atom is -0.299 e. The highest BCUT2D eigenvalue weighted by Crippen LogP contribution is 2.10. The Morgan fingerprint density at radius 3 is 2.54 bits per heavy atom. The SMILES string of the molecule is O=CC=Cc1ccc(F)cc1C=O. The molecule has 1 rings (SSSR count). The summed E-state index contributed by atoms with van der Waals surface area (Å²) >= 11 is 0. The number of benzene rings is 1. The molecule has 0 spiro atoms. The quantitative estimate of drug-likeness (QED) is 0.522. The van der Waals surface area contributed by atoms with Crippen LogP contribution in [-0.4, -0.2) is 12.6 Å². The van der Waals surface area contributed by atoms with Crippen LogP contribution in [0.3, 0.4) is 0 Å². The van der Waals surface area contributed by atoms with Crippen LogP contribution >= 0.6 is 0 Å². The van der Waals surface area contributed by atoms with E-state index in [1.807, 2.05) is 0 Å². The van der Waals surface area contributed by atoms with Gasteiger partial charge in [0, 0.05) is 5.56 Å². The molecule has 0 heterocycles. The third kappa shape index (κ3) is 2.33. The Labute approximate surface area is 74.7 Å². The molecule has 3 heteroatoms. The van der Waals surface area contributed by atoms with Crippen LogP contribution in [0.2, 0.25) is 0 Å². The number of carbonyl (C=O) groups excluding carboxylic acids is 2. The second kappa shape index (κ2) is 4.30. The van der Waals surface area contributed by atoms with E-state index in [0.29, 0.717) is 18.1 Å². The Morgan fingerprint density at radius 2 is 1.92 bits per heavy atom. The first-order valence-corrected chi connectivity index (χ1v) is 3.64. The Morgan fingerprint density at radius 1 is 1.15 bits per heavy atom. The van der Waals surface area contributed by atoms with Gasteiger partial charge in [0.2, 0.25) is 0 Å². The normalized spacial score (nSPS) is 10.2. The summed E-state index contributed by atoms with van der Waals surface area (Å²) in [6, 6.07) is 3.80. The van der Waals surface area contributed by atoms with Gasteiger partial charge in [-0.15, -0.1) is 0 Å². The molecular weight excluding hydrogens is 171 g/mol. The van der Waals surface area contributed by atoms with Crippen LogP contribution in [0.5, 0.6) is 0 Å². The van der Waals surface area contributed by atoms with Crippen LogP contribution in [0.15, 0.2) is 24.3 Å². The highest BCUT2D eigenvalue weighted by Gasteiger charge is 1.99. The van der Waals surface area contributed by atoms with Crippen LogP contribution in [0, 0.1) is 5.82 Å². The summed E-state index contributed by atoms with van der Waals surface area (Å²) in [6.07, 6.45) is 3.85. The molecule has 1 aromatic carbocycles. The summed E-state index contributed by atoms with van der Waals surface area (Å²) < 4.78 is 12.6. The zero-order chi connectivity index (χ0) is 9.68. The Hall–Kier alpha value is -1.77. The van der Waals surface area contributed by atoms with Crippen molar-refractivity contribution in [3.8, 4) is 0 Å². The third-order valence-corrected chi connectivity index (χ3v) is 1.53. The summed E-state index contributed by atoms with van der Waals surface area (Å²) in [5.74, 6) is -0.467. The van der Waals surface area contributed by atoms with Crippen molar-refractivity contribution >= 4 is 18.6 Å². The predicted octanol–water partition coefficient (Wildman–Crippen LogP) is 1.85. The predicted molar refractivity (Wildman–Crippen MR) is 46.9 cm³/mol. The van der Waals surface area contributed by atoms with Crippen molar-refractivity contribution in [2.45, 2.75) is 0 Å². The number of halogens is 1. The summed E-state index contributed by atoms with van der Waals surface area (Å²) in [7, 11) is 0. The molecule has 66 valence electrons. The van der Waals surface area contributed by atoms with Gasteiger partial charge < -0.3 is 0 Å². The fourth-order valence-electron chi connectivity index (χ4n) is 0.942. The highest BCUT2D eigenvalue weighted by atomic mass is 19.1. The van der Waals surface area contributed by atoms with E-state index in [4.69, 9.17) is 0 Å². The number of rotatable bonds is 3. The van der Waals surface area contributed by atoms with Crippen molar-refractivity contribution in [3.05, 3.63) is 41.2 Å². The lowest BCUT2D eigenvalue weighted by molar-refractivity contribution is -0.104.